The minimum Gasteiger partial charge on any atom is -0.456 e. The first-order valence-electron chi connectivity index (χ1n) is 8.26. The van der Waals surface area contributed by atoms with Gasteiger partial charge in [0.05, 0.1) is 5.56 Å². The summed E-state index contributed by atoms with van der Waals surface area (Å²) in [6.07, 6.45) is 0. The summed E-state index contributed by atoms with van der Waals surface area (Å²) in [4.78, 5) is 39.2. The third-order valence-electron chi connectivity index (χ3n) is 4.05. The van der Waals surface area contributed by atoms with Crippen LogP contribution in [0.3, 0.4) is 0 Å². The molecule has 3 rings (SSSR count). The van der Waals surface area contributed by atoms with Crippen LogP contribution < -0.4 is 5.32 Å². The topological polar surface area (TPSA) is 88.3 Å². The van der Waals surface area contributed by atoms with E-state index in [2.05, 4.69) is 10.3 Å². The number of ketones is 1. The Kier molecular flexibility index (Phi) is 5.30. The van der Waals surface area contributed by atoms with Gasteiger partial charge in [0.2, 0.25) is 5.78 Å². The van der Waals surface area contributed by atoms with E-state index in [1.54, 1.807) is 6.92 Å². The summed E-state index contributed by atoms with van der Waals surface area (Å²) >= 11 is 0. The van der Waals surface area contributed by atoms with Crippen LogP contribution in [-0.4, -0.2) is 35.8 Å². The second kappa shape index (κ2) is 7.82. The predicted molar refractivity (Wildman–Crippen MR) is 97.1 cm³/mol. The Balaban J connectivity index is 1.56. The van der Waals surface area contributed by atoms with E-state index < -0.39 is 30.8 Å². The van der Waals surface area contributed by atoms with Gasteiger partial charge in [-0.15, -0.1) is 0 Å². The van der Waals surface area contributed by atoms with Crippen molar-refractivity contribution in [3.63, 3.8) is 0 Å². The fourth-order valence-corrected chi connectivity index (χ4v) is 2.80. The van der Waals surface area contributed by atoms with Gasteiger partial charge in [-0.25, -0.2) is 4.39 Å². The van der Waals surface area contributed by atoms with Gasteiger partial charge in [-0.1, -0.05) is 30.3 Å². The van der Waals surface area contributed by atoms with Crippen LogP contribution in [-0.2, 0) is 9.53 Å². The molecule has 138 valence electrons. The zero-order valence-corrected chi connectivity index (χ0v) is 14.5. The molecule has 2 aromatic carbocycles. The van der Waals surface area contributed by atoms with Crippen LogP contribution in [0.15, 0.2) is 48.5 Å². The molecule has 0 bridgehead atoms. The number of hydrogen-bond donors (Lipinski definition) is 2. The molecule has 0 radical (unpaired) electrons. The van der Waals surface area contributed by atoms with Crippen molar-refractivity contribution in [1.82, 2.24) is 10.3 Å². The fraction of sp³-hybridized carbons (Fsp3) is 0.150. The predicted octanol–water partition coefficient (Wildman–Crippen LogP) is 2.77. The van der Waals surface area contributed by atoms with Crippen molar-refractivity contribution in [3.8, 4) is 0 Å². The maximum atomic E-state index is 13.5. The number of halogens is 1. The number of fused-ring (bicyclic) bond motifs is 1. The van der Waals surface area contributed by atoms with Gasteiger partial charge in [0.1, 0.15) is 12.4 Å². The number of carbonyl (C=O) groups is 3. The molecular weight excluding hydrogens is 351 g/mol. The maximum absolute atomic E-state index is 13.5. The van der Waals surface area contributed by atoms with Gasteiger partial charge in [0.25, 0.3) is 5.91 Å². The summed E-state index contributed by atoms with van der Waals surface area (Å²) in [7, 11) is 0. The Morgan fingerprint density at radius 3 is 2.56 bits per heavy atom. The third-order valence-corrected chi connectivity index (χ3v) is 4.05. The number of H-pyrrole nitrogens is 1. The van der Waals surface area contributed by atoms with Gasteiger partial charge in [0, 0.05) is 22.2 Å². The van der Waals surface area contributed by atoms with Gasteiger partial charge < -0.3 is 15.0 Å². The van der Waals surface area contributed by atoms with Crippen molar-refractivity contribution in [2.45, 2.75) is 6.92 Å². The van der Waals surface area contributed by atoms with Crippen molar-refractivity contribution in [3.05, 3.63) is 71.2 Å². The molecule has 0 saturated heterocycles. The molecule has 0 atom stereocenters. The average Bonchev–Trinajstić information content (AvgIpc) is 3.00. The molecule has 0 fully saturated rings. The molecule has 7 heteroatoms. The molecule has 0 unspecified atom stereocenters. The van der Waals surface area contributed by atoms with E-state index in [1.165, 1.54) is 18.2 Å². The molecule has 2 N–H and O–H groups in total. The van der Waals surface area contributed by atoms with Gasteiger partial charge in [-0.3, -0.25) is 14.4 Å². The lowest BCUT2D eigenvalue weighted by atomic mass is 10.1. The van der Waals surface area contributed by atoms with Crippen LogP contribution in [0.4, 0.5) is 4.39 Å². The highest BCUT2D eigenvalue weighted by molar-refractivity contribution is 6.10. The number of benzene rings is 2. The lowest BCUT2D eigenvalue weighted by Gasteiger charge is -2.07. The molecule has 0 spiro atoms. The number of para-hydroxylation sites is 1. The fourth-order valence-electron chi connectivity index (χ4n) is 2.80. The lowest BCUT2D eigenvalue weighted by Crippen LogP contribution is -2.32. The second-order valence-corrected chi connectivity index (χ2v) is 5.92. The van der Waals surface area contributed by atoms with Crippen LogP contribution in [0.1, 0.15) is 26.4 Å². The van der Waals surface area contributed by atoms with Crippen molar-refractivity contribution in [1.29, 1.82) is 0 Å². The Labute approximate surface area is 154 Å². The van der Waals surface area contributed by atoms with Crippen LogP contribution in [0.5, 0.6) is 0 Å². The van der Waals surface area contributed by atoms with Gasteiger partial charge in [-0.2, -0.15) is 0 Å². The summed E-state index contributed by atoms with van der Waals surface area (Å²) in [6.45, 7) is 0.855. The molecule has 1 heterocycles. The molecule has 3 aromatic rings. The summed E-state index contributed by atoms with van der Waals surface area (Å²) in [5, 5.41) is 3.02. The first-order chi connectivity index (χ1) is 13.0. The number of aromatic nitrogens is 1. The van der Waals surface area contributed by atoms with Gasteiger partial charge >= 0.3 is 5.97 Å². The molecular formula is C20H17FN2O4. The van der Waals surface area contributed by atoms with Crippen LogP contribution >= 0.6 is 0 Å². The zero-order chi connectivity index (χ0) is 19.4. The minimum absolute atomic E-state index is 0.171. The standard InChI is InChI=1S/C20H17FN2O4/c1-12-19(14-7-3-5-9-16(14)23-12)17(24)11-27-18(25)10-22-20(26)13-6-2-4-8-15(13)21/h2-9,23H,10-11H2,1H3,(H,22,26). The van der Waals surface area contributed by atoms with Crippen molar-refractivity contribution in [2.75, 3.05) is 13.2 Å². The zero-order valence-electron chi connectivity index (χ0n) is 14.5. The summed E-state index contributed by atoms with van der Waals surface area (Å²) in [5.41, 5.74) is 1.80. The van der Waals surface area contributed by atoms with E-state index >= 15 is 0 Å². The van der Waals surface area contributed by atoms with Crippen molar-refractivity contribution < 1.29 is 23.5 Å². The summed E-state index contributed by atoms with van der Waals surface area (Å²) in [5.74, 6) is -2.55. The van der Waals surface area contributed by atoms with E-state index in [0.29, 0.717) is 11.3 Å². The van der Waals surface area contributed by atoms with Gasteiger partial charge in [-0.05, 0) is 25.1 Å². The Hall–Kier alpha value is -3.48. The lowest BCUT2D eigenvalue weighted by molar-refractivity contribution is -0.141. The molecule has 27 heavy (non-hydrogen) atoms. The smallest absolute Gasteiger partial charge is 0.325 e. The van der Waals surface area contributed by atoms with E-state index in [0.717, 1.165) is 17.0 Å². The average molecular weight is 368 g/mol. The number of hydrogen-bond acceptors (Lipinski definition) is 4. The molecule has 0 saturated carbocycles. The number of aryl methyl sites for hydroxylation is 1. The van der Waals surface area contributed by atoms with E-state index in [1.807, 2.05) is 24.3 Å². The SMILES string of the molecule is Cc1[nH]c2ccccc2c1C(=O)COC(=O)CNC(=O)c1ccccc1F. The molecule has 1 aromatic heterocycles. The largest absolute Gasteiger partial charge is 0.456 e. The highest BCUT2D eigenvalue weighted by atomic mass is 19.1. The summed E-state index contributed by atoms with van der Waals surface area (Å²) < 4.78 is 18.5. The first kappa shape index (κ1) is 18.3. The Morgan fingerprint density at radius 1 is 1.07 bits per heavy atom. The van der Waals surface area contributed by atoms with Crippen LogP contribution in [0.2, 0.25) is 0 Å². The molecule has 6 nitrogen and oxygen atoms in total. The van der Waals surface area contributed by atoms with Gasteiger partial charge in [0.15, 0.2) is 6.61 Å². The van der Waals surface area contributed by atoms with E-state index in [9.17, 15) is 18.8 Å². The normalized spacial score (nSPS) is 10.6. The number of ether oxygens (including phenoxy) is 1. The monoisotopic (exact) mass is 368 g/mol. The van der Waals surface area contributed by atoms with E-state index in [-0.39, 0.29) is 11.3 Å². The highest BCUT2D eigenvalue weighted by Crippen LogP contribution is 2.22. The summed E-state index contributed by atoms with van der Waals surface area (Å²) in [6, 6.07) is 12.7. The van der Waals surface area contributed by atoms with Crippen LogP contribution in [0, 0.1) is 12.7 Å². The van der Waals surface area contributed by atoms with Crippen molar-refractivity contribution in [2.24, 2.45) is 0 Å². The first-order valence-corrected chi connectivity index (χ1v) is 8.26. The highest BCUT2D eigenvalue weighted by Gasteiger charge is 2.18. The maximum Gasteiger partial charge on any atom is 0.325 e. The number of nitrogens with one attached hydrogen (secondary N) is 2. The Morgan fingerprint density at radius 2 is 1.78 bits per heavy atom. The molecule has 0 aliphatic carbocycles. The van der Waals surface area contributed by atoms with Crippen LogP contribution in [0.25, 0.3) is 10.9 Å². The Bertz CT molecular complexity index is 1030. The molecule has 1 amide bonds. The number of esters is 1. The quantitative estimate of drug-likeness (QED) is 0.517. The number of Topliss-reactive ketones (excluding diaryl/α,β-unsaturated/α-hetero) is 1. The number of carbonyl (C=O) groups excluding carboxylic acids is 3. The molecule has 0 aliphatic rings. The van der Waals surface area contributed by atoms with Crippen molar-refractivity contribution >= 4 is 28.6 Å². The third kappa shape index (κ3) is 4.03. The van der Waals surface area contributed by atoms with E-state index in [4.69, 9.17) is 4.74 Å². The number of aromatic amines is 1. The second-order valence-electron chi connectivity index (χ2n) is 5.92. The number of amides is 1. The molecule has 0 aliphatic heterocycles. The number of rotatable bonds is 6. The minimum atomic E-state index is -0.787.